The lowest BCUT2D eigenvalue weighted by atomic mass is 9.97. The molecule has 0 saturated heterocycles. The molecule has 108 valence electrons. The summed E-state index contributed by atoms with van der Waals surface area (Å²) in [6.07, 6.45) is 0. The molecule has 0 radical (unpaired) electrons. The molecular weight excluding hydrogens is 272 g/mol. The average Bonchev–Trinajstić information content (AvgIpc) is 2.91. The van der Waals surface area contributed by atoms with Crippen LogP contribution in [-0.4, -0.2) is 14.2 Å². The van der Waals surface area contributed by atoms with Crippen LogP contribution in [0, 0.1) is 13.8 Å². The van der Waals surface area contributed by atoms with E-state index in [1.807, 2.05) is 24.4 Å². The number of rotatable bonds is 5. The summed E-state index contributed by atoms with van der Waals surface area (Å²) in [4.78, 5) is 1.07. The highest BCUT2D eigenvalue weighted by atomic mass is 32.1. The van der Waals surface area contributed by atoms with Crippen molar-refractivity contribution in [2.75, 3.05) is 14.2 Å². The van der Waals surface area contributed by atoms with Gasteiger partial charge in [-0.3, -0.25) is 5.84 Å². The number of hydrazine groups is 1. The summed E-state index contributed by atoms with van der Waals surface area (Å²) < 4.78 is 10.8. The molecule has 0 aliphatic heterocycles. The van der Waals surface area contributed by atoms with Crippen LogP contribution in [0.4, 0.5) is 0 Å². The van der Waals surface area contributed by atoms with Gasteiger partial charge in [-0.15, -0.1) is 11.3 Å². The van der Waals surface area contributed by atoms with Gasteiger partial charge in [0.1, 0.15) is 11.5 Å². The van der Waals surface area contributed by atoms with E-state index in [4.69, 9.17) is 15.3 Å². The molecule has 3 N–H and O–H groups in total. The predicted octanol–water partition coefficient (Wildman–Crippen LogP) is 2.93. The van der Waals surface area contributed by atoms with Gasteiger partial charge in [0.2, 0.25) is 0 Å². The number of hydrogen-bond donors (Lipinski definition) is 2. The summed E-state index contributed by atoms with van der Waals surface area (Å²) in [5.41, 5.74) is 6.24. The fraction of sp³-hybridized carbons (Fsp3) is 0.333. The molecule has 1 aromatic heterocycles. The normalized spacial score (nSPS) is 12.2. The van der Waals surface area contributed by atoms with Crippen LogP contribution < -0.4 is 20.7 Å². The zero-order valence-corrected chi connectivity index (χ0v) is 13.0. The van der Waals surface area contributed by atoms with Crippen LogP contribution in [0.2, 0.25) is 0 Å². The number of aryl methyl sites for hydroxylation is 2. The first-order chi connectivity index (χ1) is 9.62. The molecule has 5 heteroatoms. The van der Waals surface area contributed by atoms with Crippen molar-refractivity contribution >= 4 is 11.3 Å². The Balaban J connectivity index is 2.50. The van der Waals surface area contributed by atoms with Crippen molar-refractivity contribution in [3.63, 3.8) is 0 Å². The molecule has 0 bridgehead atoms. The SMILES string of the molecule is COc1cc(C)c(C(NN)c2sccc2OC)cc1C. The van der Waals surface area contributed by atoms with Gasteiger partial charge in [0.15, 0.2) is 0 Å². The first kappa shape index (κ1) is 14.8. The highest BCUT2D eigenvalue weighted by Crippen LogP contribution is 2.37. The van der Waals surface area contributed by atoms with Crippen LogP contribution in [0.5, 0.6) is 11.5 Å². The number of ether oxygens (including phenoxy) is 2. The maximum Gasteiger partial charge on any atom is 0.134 e. The van der Waals surface area contributed by atoms with Crippen molar-refractivity contribution in [1.29, 1.82) is 0 Å². The Kier molecular flexibility index (Phi) is 4.65. The van der Waals surface area contributed by atoms with Gasteiger partial charge < -0.3 is 9.47 Å². The summed E-state index contributed by atoms with van der Waals surface area (Å²) in [6.45, 7) is 4.09. The first-order valence-corrected chi connectivity index (χ1v) is 7.23. The van der Waals surface area contributed by atoms with E-state index in [2.05, 4.69) is 18.4 Å². The maximum atomic E-state index is 5.78. The molecule has 0 aliphatic carbocycles. The minimum absolute atomic E-state index is 0.0884. The van der Waals surface area contributed by atoms with E-state index in [-0.39, 0.29) is 6.04 Å². The maximum absolute atomic E-state index is 5.78. The van der Waals surface area contributed by atoms with Gasteiger partial charge in [0.05, 0.1) is 25.1 Å². The minimum atomic E-state index is -0.0884. The van der Waals surface area contributed by atoms with Crippen molar-refractivity contribution < 1.29 is 9.47 Å². The van der Waals surface area contributed by atoms with Crippen LogP contribution in [0.15, 0.2) is 23.6 Å². The molecule has 0 spiro atoms. The van der Waals surface area contributed by atoms with E-state index in [0.29, 0.717) is 0 Å². The number of thiophene rings is 1. The molecular formula is C15H20N2O2S. The molecule has 1 aromatic carbocycles. The van der Waals surface area contributed by atoms with Crippen LogP contribution >= 0.6 is 11.3 Å². The highest BCUT2D eigenvalue weighted by Gasteiger charge is 2.21. The largest absolute Gasteiger partial charge is 0.496 e. The third-order valence-corrected chi connectivity index (χ3v) is 4.36. The van der Waals surface area contributed by atoms with Crippen molar-refractivity contribution in [1.82, 2.24) is 5.43 Å². The second-order valence-corrected chi connectivity index (χ2v) is 5.58. The lowest BCUT2D eigenvalue weighted by molar-refractivity contribution is 0.406. The number of nitrogens with two attached hydrogens (primary N) is 1. The average molecular weight is 292 g/mol. The quantitative estimate of drug-likeness (QED) is 0.657. The Morgan fingerprint density at radius 1 is 1.10 bits per heavy atom. The standard InChI is InChI=1S/C15H20N2O2S/c1-9-8-13(19-4)10(2)7-11(9)14(17-16)15-12(18-3)5-6-20-15/h5-8,14,17H,16H2,1-4H3. The molecule has 2 aromatic rings. The Morgan fingerprint density at radius 2 is 1.80 bits per heavy atom. The summed E-state index contributed by atoms with van der Waals surface area (Å²) in [7, 11) is 3.35. The van der Waals surface area contributed by atoms with E-state index in [0.717, 1.165) is 33.1 Å². The Bertz CT molecular complexity index is 596. The van der Waals surface area contributed by atoms with Crippen molar-refractivity contribution in [3.8, 4) is 11.5 Å². The number of nitrogens with one attached hydrogen (secondary N) is 1. The lowest BCUT2D eigenvalue weighted by Crippen LogP contribution is -2.29. The molecule has 2 rings (SSSR count). The molecule has 0 amide bonds. The van der Waals surface area contributed by atoms with E-state index >= 15 is 0 Å². The Morgan fingerprint density at radius 3 is 2.40 bits per heavy atom. The lowest BCUT2D eigenvalue weighted by Gasteiger charge is -2.20. The van der Waals surface area contributed by atoms with E-state index in [1.165, 1.54) is 0 Å². The highest BCUT2D eigenvalue weighted by molar-refractivity contribution is 7.10. The Labute approximate surface area is 123 Å². The molecule has 20 heavy (non-hydrogen) atoms. The van der Waals surface area contributed by atoms with Gasteiger partial charge >= 0.3 is 0 Å². The molecule has 0 saturated carbocycles. The van der Waals surface area contributed by atoms with Gasteiger partial charge in [-0.05, 0) is 48.1 Å². The van der Waals surface area contributed by atoms with Crippen LogP contribution in [0.3, 0.4) is 0 Å². The fourth-order valence-electron chi connectivity index (χ4n) is 2.34. The summed E-state index contributed by atoms with van der Waals surface area (Å²) in [5, 5.41) is 2.00. The van der Waals surface area contributed by atoms with Crippen molar-refractivity contribution in [2.24, 2.45) is 5.84 Å². The summed E-state index contributed by atoms with van der Waals surface area (Å²) in [6, 6.07) is 6.01. The second kappa shape index (κ2) is 6.26. The number of benzene rings is 1. The van der Waals surface area contributed by atoms with Crippen LogP contribution in [0.25, 0.3) is 0 Å². The molecule has 0 fully saturated rings. The van der Waals surface area contributed by atoms with Gasteiger partial charge in [-0.2, -0.15) is 0 Å². The monoisotopic (exact) mass is 292 g/mol. The smallest absolute Gasteiger partial charge is 0.134 e. The summed E-state index contributed by atoms with van der Waals surface area (Å²) >= 11 is 1.63. The minimum Gasteiger partial charge on any atom is -0.496 e. The first-order valence-electron chi connectivity index (χ1n) is 6.35. The number of methoxy groups -OCH3 is 2. The fourth-order valence-corrected chi connectivity index (χ4v) is 3.27. The summed E-state index contributed by atoms with van der Waals surface area (Å²) in [5.74, 6) is 7.52. The predicted molar refractivity (Wildman–Crippen MR) is 82.5 cm³/mol. The van der Waals surface area contributed by atoms with Gasteiger partial charge in [-0.1, -0.05) is 6.07 Å². The second-order valence-electron chi connectivity index (χ2n) is 4.63. The van der Waals surface area contributed by atoms with Gasteiger partial charge in [-0.25, -0.2) is 5.43 Å². The Hall–Kier alpha value is -1.56. The zero-order chi connectivity index (χ0) is 14.7. The van der Waals surface area contributed by atoms with Gasteiger partial charge in [0.25, 0.3) is 0 Å². The third kappa shape index (κ3) is 2.65. The van der Waals surface area contributed by atoms with Crippen LogP contribution in [0.1, 0.15) is 27.6 Å². The molecule has 0 aliphatic rings. The van der Waals surface area contributed by atoms with E-state index in [1.54, 1.807) is 25.6 Å². The van der Waals surface area contributed by atoms with Gasteiger partial charge in [0, 0.05) is 0 Å². The topological polar surface area (TPSA) is 56.5 Å². The van der Waals surface area contributed by atoms with Crippen molar-refractivity contribution in [3.05, 3.63) is 45.1 Å². The zero-order valence-electron chi connectivity index (χ0n) is 12.2. The van der Waals surface area contributed by atoms with Crippen molar-refractivity contribution in [2.45, 2.75) is 19.9 Å². The third-order valence-electron chi connectivity index (χ3n) is 3.40. The van der Waals surface area contributed by atoms with Crippen LogP contribution in [-0.2, 0) is 0 Å². The van der Waals surface area contributed by atoms with E-state index < -0.39 is 0 Å². The number of hydrogen-bond acceptors (Lipinski definition) is 5. The molecule has 1 heterocycles. The van der Waals surface area contributed by atoms with E-state index in [9.17, 15) is 0 Å². The molecule has 1 unspecified atom stereocenters. The molecule has 4 nitrogen and oxygen atoms in total. The molecule has 1 atom stereocenters.